The first-order valence-corrected chi connectivity index (χ1v) is 6.02. The van der Waals surface area contributed by atoms with Gasteiger partial charge in [0.1, 0.15) is 5.75 Å². The number of nitrogens with zero attached hydrogens (tertiary/aromatic N) is 3. The van der Waals surface area contributed by atoms with Crippen molar-refractivity contribution in [2.24, 2.45) is 0 Å². The minimum Gasteiger partial charge on any atom is -0.434 e. The highest BCUT2D eigenvalue weighted by Gasteiger charge is 2.16. The van der Waals surface area contributed by atoms with Crippen LogP contribution in [0.4, 0.5) is 8.78 Å². The lowest BCUT2D eigenvalue weighted by Gasteiger charge is -2.07. The van der Waals surface area contributed by atoms with Crippen molar-refractivity contribution in [3.8, 4) is 28.7 Å². The summed E-state index contributed by atoms with van der Waals surface area (Å²) in [6, 6.07) is 9.66. The van der Waals surface area contributed by atoms with Crippen LogP contribution < -0.4 is 4.74 Å². The highest BCUT2D eigenvalue weighted by Crippen LogP contribution is 2.31. The average Bonchev–Trinajstić information content (AvgIpc) is 2.98. The number of pyridine rings is 1. The van der Waals surface area contributed by atoms with E-state index >= 15 is 0 Å². The summed E-state index contributed by atoms with van der Waals surface area (Å²) >= 11 is 0. The van der Waals surface area contributed by atoms with Crippen LogP contribution in [-0.4, -0.2) is 21.8 Å². The van der Waals surface area contributed by atoms with Crippen molar-refractivity contribution in [1.29, 1.82) is 0 Å². The molecule has 0 N–H and O–H groups in total. The summed E-state index contributed by atoms with van der Waals surface area (Å²) in [6.07, 6.45) is 3.18. The van der Waals surface area contributed by atoms with Gasteiger partial charge in [-0.3, -0.25) is 4.98 Å². The molecule has 0 saturated carbocycles. The smallest absolute Gasteiger partial charge is 0.387 e. The molecule has 2 aromatic heterocycles. The van der Waals surface area contributed by atoms with Gasteiger partial charge in [-0.2, -0.15) is 8.78 Å². The van der Waals surface area contributed by atoms with Gasteiger partial charge in [-0.1, -0.05) is 12.1 Å². The molecule has 0 fully saturated rings. The number of aromatic nitrogens is 3. The van der Waals surface area contributed by atoms with Crippen molar-refractivity contribution < 1.29 is 17.9 Å². The molecule has 0 aliphatic carbocycles. The highest BCUT2D eigenvalue weighted by atomic mass is 19.3. The second-order valence-corrected chi connectivity index (χ2v) is 4.02. The fraction of sp³-hybridized carbons (Fsp3) is 0.0714. The summed E-state index contributed by atoms with van der Waals surface area (Å²) in [4.78, 5) is 3.89. The van der Waals surface area contributed by atoms with Gasteiger partial charge in [0.05, 0.1) is 5.56 Å². The topological polar surface area (TPSA) is 61.0 Å². The summed E-state index contributed by atoms with van der Waals surface area (Å²) in [5.74, 6) is 0.370. The minimum absolute atomic E-state index is 0.0163. The molecule has 0 bridgehead atoms. The number of para-hydroxylation sites is 1. The van der Waals surface area contributed by atoms with E-state index in [1.54, 1.807) is 42.7 Å². The van der Waals surface area contributed by atoms with Crippen molar-refractivity contribution in [3.63, 3.8) is 0 Å². The Labute approximate surface area is 118 Å². The third-order valence-corrected chi connectivity index (χ3v) is 2.69. The first-order chi connectivity index (χ1) is 10.2. The molecule has 3 rings (SSSR count). The predicted octanol–water partition coefficient (Wildman–Crippen LogP) is 3.40. The molecule has 0 saturated heterocycles. The van der Waals surface area contributed by atoms with Crippen molar-refractivity contribution in [2.45, 2.75) is 6.61 Å². The van der Waals surface area contributed by atoms with E-state index < -0.39 is 6.61 Å². The highest BCUT2D eigenvalue weighted by molar-refractivity contribution is 5.64. The van der Waals surface area contributed by atoms with Crippen LogP contribution in [0, 0.1) is 0 Å². The Morgan fingerprint density at radius 1 is 0.952 bits per heavy atom. The van der Waals surface area contributed by atoms with Crippen LogP contribution in [0.3, 0.4) is 0 Å². The van der Waals surface area contributed by atoms with Crippen LogP contribution >= 0.6 is 0 Å². The van der Waals surface area contributed by atoms with Crippen LogP contribution in [0.5, 0.6) is 5.75 Å². The lowest BCUT2D eigenvalue weighted by Crippen LogP contribution is -2.03. The summed E-state index contributed by atoms with van der Waals surface area (Å²) < 4.78 is 34.7. The van der Waals surface area contributed by atoms with E-state index in [1.807, 2.05) is 0 Å². The first kappa shape index (κ1) is 13.2. The fourth-order valence-electron chi connectivity index (χ4n) is 1.79. The van der Waals surface area contributed by atoms with Crippen LogP contribution in [0.25, 0.3) is 22.9 Å². The van der Waals surface area contributed by atoms with Crippen LogP contribution in [0.2, 0.25) is 0 Å². The number of hydrogen-bond donors (Lipinski definition) is 0. The van der Waals surface area contributed by atoms with Crippen LogP contribution in [0.1, 0.15) is 0 Å². The van der Waals surface area contributed by atoms with Gasteiger partial charge in [-0.05, 0) is 24.3 Å². The lowest BCUT2D eigenvalue weighted by molar-refractivity contribution is -0.0495. The van der Waals surface area contributed by atoms with E-state index in [0.717, 1.165) is 0 Å². The van der Waals surface area contributed by atoms with Crippen molar-refractivity contribution >= 4 is 0 Å². The van der Waals surface area contributed by atoms with E-state index in [9.17, 15) is 8.78 Å². The van der Waals surface area contributed by atoms with Gasteiger partial charge in [0.2, 0.25) is 5.89 Å². The molecule has 7 heteroatoms. The maximum Gasteiger partial charge on any atom is 0.387 e. The van der Waals surface area contributed by atoms with E-state index in [2.05, 4.69) is 19.9 Å². The Bertz CT molecular complexity index is 732. The van der Waals surface area contributed by atoms with Gasteiger partial charge in [0.25, 0.3) is 5.89 Å². The molecule has 0 atom stereocenters. The molecule has 0 unspecified atom stereocenters. The van der Waals surface area contributed by atoms with E-state index in [0.29, 0.717) is 11.1 Å². The lowest BCUT2D eigenvalue weighted by atomic mass is 10.2. The summed E-state index contributed by atoms with van der Waals surface area (Å²) in [7, 11) is 0. The molecule has 21 heavy (non-hydrogen) atoms. The van der Waals surface area contributed by atoms with Gasteiger partial charge in [-0.15, -0.1) is 10.2 Å². The van der Waals surface area contributed by atoms with Gasteiger partial charge in [0, 0.05) is 18.0 Å². The maximum atomic E-state index is 12.4. The Hall–Kier alpha value is -2.83. The van der Waals surface area contributed by atoms with Gasteiger partial charge >= 0.3 is 6.61 Å². The van der Waals surface area contributed by atoms with E-state index in [4.69, 9.17) is 4.42 Å². The number of rotatable bonds is 4. The molecule has 5 nitrogen and oxygen atoms in total. The van der Waals surface area contributed by atoms with Crippen molar-refractivity contribution in [3.05, 3.63) is 48.8 Å². The number of alkyl halides is 2. The maximum absolute atomic E-state index is 12.4. The molecule has 0 aliphatic rings. The second-order valence-electron chi connectivity index (χ2n) is 4.02. The fourth-order valence-corrected chi connectivity index (χ4v) is 1.79. The van der Waals surface area contributed by atoms with Gasteiger partial charge in [-0.25, -0.2) is 0 Å². The average molecular weight is 289 g/mol. The summed E-state index contributed by atoms with van der Waals surface area (Å²) in [5.41, 5.74) is 1.00. The number of halogens is 2. The van der Waals surface area contributed by atoms with Crippen molar-refractivity contribution in [1.82, 2.24) is 15.2 Å². The number of benzene rings is 1. The minimum atomic E-state index is -2.92. The quantitative estimate of drug-likeness (QED) is 0.736. The zero-order valence-electron chi connectivity index (χ0n) is 10.6. The van der Waals surface area contributed by atoms with Crippen LogP contribution in [-0.2, 0) is 0 Å². The summed E-state index contributed by atoms with van der Waals surface area (Å²) in [6.45, 7) is -2.92. The zero-order chi connectivity index (χ0) is 14.7. The van der Waals surface area contributed by atoms with E-state index in [1.165, 1.54) is 6.07 Å². The molecule has 106 valence electrons. The molecular formula is C14H9F2N3O2. The largest absolute Gasteiger partial charge is 0.434 e. The number of ether oxygens (including phenoxy) is 1. The SMILES string of the molecule is FC(F)Oc1ccccc1-c1nnc(-c2ccncc2)o1. The van der Waals surface area contributed by atoms with Gasteiger partial charge in [0.15, 0.2) is 0 Å². The molecule has 3 aromatic rings. The number of hydrogen-bond acceptors (Lipinski definition) is 5. The molecule has 0 aliphatic heterocycles. The Balaban J connectivity index is 1.97. The standard InChI is InChI=1S/C14H9F2N3O2/c15-14(16)20-11-4-2-1-3-10(11)13-19-18-12(21-13)9-5-7-17-8-6-9/h1-8,14H. The monoisotopic (exact) mass is 289 g/mol. The Morgan fingerprint density at radius 2 is 1.67 bits per heavy atom. The van der Waals surface area contributed by atoms with E-state index in [-0.39, 0.29) is 17.5 Å². The predicted molar refractivity (Wildman–Crippen MR) is 69.6 cm³/mol. The van der Waals surface area contributed by atoms with Crippen LogP contribution in [0.15, 0.2) is 53.2 Å². The molecule has 0 radical (unpaired) electrons. The molecule has 0 amide bonds. The third kappa shape index (κ3) is 2.86. The first-order valence-electron chi connectivity index (χ1n) is 6.02. The Kier molecular flexibility index (Phi) is 3.55. The van der Waals surface area contributed by atoms with Crippen molar-refractivity contribution in [2.75, 3.05) is 0 Å². The molecule has 2 heterocycles. The summed E-state index contributed by atoms with van der Waals surface area (Å²) in [5, 5.41) is 7.76. The molecular weight excluding hydrogens is 280 g/mol. The molecule has 1 aromatic carbocycles. The van der Waals surface area contributed by atoms with Gasteiger partial charge < -0.3 is 9.15 Å². The third-order valence-electron chi connectivity index (χ3n) is 2.69. The Morgan fingerprint density at radius 3 is 2.43 bits per heavy atom. The second kappa shape index (κ2) is 5.66. The normalized spacial score (nSPS) is 10.8. The zero-order valence-corrected chi connectivity index (χ0v) is 10.6. The molecule has 0 spiro atoms.